The van der Waals surface area contributed by atoms with Crippen molar-refractivity contribution in [2.45, 2.75) is 13.0 Å². The monoisotopic (exact) mass is 385 g/mol. The SMILES string of the molecule is O=C1NCCN1c1ccc(-c2nccc(Nc3cnn(CC(F)F)c3)n2)cc1. The summed E-state index contributed by atoms with van der Waals surface area (Å²) >= 11 is 0. The number of alkyl halides is 2. The van der Waals surface area contributed by atoms with E-state index in [0.29, 0.717) is 30.4 Å². The molecule has 10 heteroatoms. The summed E-state index contributed by atoms with van der Waals surface area (Å²) in [5, 5.41) is 9.67. The Bertz CT molecular complexity index is 974. The number of nitrogens with zero attached hydrogens (tertiary/aromatic N) is 5. The van der Waals surface area contributed by atoms with Gasteiger partial charge in [-0.25, -0.2) is 23.5 Å². The summed E-state index contributed by atoms with van der Waals surface area (Å²) in [5.74, 6) is 1.02. The molecule has 0 aliphatic carbocycles. The average molecular weight is 385 g/mol. The molecule has 0 spiro atoms. The van der Waals surface area contributed by atoms with Crippen LogP contribution in [0, 0.1) is 0 Å². The van der Waals surface area contributed by atoms with Gasteiger partial charge in [-0.1, -0.05) is 0 Å². The van der Waals surface area contributed by atoms with Crippen LogP contribution >= 0.6 is 0 Å². The Balaban J connectivity index is 1.49. The Morgan fingerprint density at radius 2 is 2.04 bits per heavy atom. The van der Waals surface area contributed by atoms with E-state index in [1.807, 2.05) is 24.3 Å². The quantitative estimate of drug-likeness (QED) is 0.681. The third-order valence-corrected chi connectivity index (χ3v) is 4.18. The van der Waals surface area contributed by atoms with Gasteiger partial charge in [0.25, 0.3) is 6.43 Å². The minimum absolute atomic E-state index is 0.109. The molecule has 1 aromatic carbocycles. The van der Waals surface area contributed by atoms with Crippen LogP contribution in [0.1, 0.15) is 0 Å². The van der Waals surface area contributed by atoms with Gasteiger partial charge in [-0.15, -0.1) is 0 Å². The fraction of sp³-hybridized carbons (Fsp3) is 0.222. The predicted octanol–water partition coefficient (Wildman–Crippen LogP) is 2.88. The van der Waals surface area contributed by atoms with Crippen molar-refractivity contribution in [3.63, 3.8) is 0 Å². The van der Waals surface area contributed by atoms with Crippen molar-refractivity contribution >= 4 is 23.2 Å². The number of carbonyl (C=O) groups excluding carboxylic acids is 1. The van der Waals surface area contributed by atoms with Gasteiger partial charge in [-0.3, -0.25) is 9.58 Å². The van der Waals surface area contributed by atoms with Crippen LogP contribution < -0.4 is 15.5 Å². The number of rotatable bonds is 6. The van der Waals surface area contributed by atoms with Gasteiger partial charge >= 0.3 is 6.03 Å². The normalized spacial score (nSPS) is 13.8. The van der Waals surface area contributed by atoms with E-state index < -0.39 is 13.0 Å². The Morgan fingerprint density at radius 3 is 2.75 bits per heavy atom. The summed E-state index contributed by atoms with van der Waals surface area (Å²) < 4.78 is 26.0. The molecule has 1 aliphatic heterocycles. The van der Waals surface area contributed by atoms with Crippen molar-refractivity contribution in [3.05, 3.63) is 48.9 Å². The topological polar surface area (TPSA) is 88.0 Å². The smallest absolute Gasteiger partial charge is 0.321 e. The molecule has 0 unspecified atom stereocenters. The minimum atomic E-state index is -2.46. The van der Waals surface area contributed by atoms with Crippen LogP contribution in [-0.4, -0.2) is 45.3 Å². The second-order valence-electron chi connectivity index (χ2n) is 6.16. The summed E-state index contributed by atoms with van der Waals surface area (Å²) in [6.45, 7) is 0.802. The summed E-state index contributed by atoms with van der Waals surface area (Å²) in [6.07, 6.45) is 2.09. The Kier molecular flexibility index (Phi) is 4.83. The van der Waals surface area contributed by atoms with E-state index in [9.17, 15) is 13.6 Å². The molecule has 3 heterocycles. The summed E-state index contributed by atoms with van der Waals surface area (Å²) in [6, 6.07) is 8.96. The molecule has 2 amide bonds. The first-order chi connectivity index (χ1) is 13.6. The summed E-state index contributed by atoms with van der Waals surface area (Å²) in [5.41, 5.74) is 2.15. The number of carbonyl (C=O) groups is 1. The molecule has 1 aliphatic rings. The first-order valence-electron chi connectivity index (χ1n) is 8.65. The average Bonchev–Trinajstić information content (AvgIpc) is 3.30. The molecule has 8 nitrogen and oxygen atoms in total. The number of aromatic nitrogens is 4. The molecular weight excluding hydrogens is 368 g/mol. The van der Waals surface area contributed by atoms with E-state index in [4.69, 9.17) is 0 Å². The number of nitrogens with one attached hydrogen (secondary N) is 2. The zero-order chi connectivity index (χ0) is 19.5. The van der Waals surface area contributed by atoms with E-state index in [0.717, 1.165) is 11.3 Å². The molecule has 3 aromatic rings. The summed E-state index contributed by atoms with van der Waals surface area (Å²) in [4.78, 5) is 22.1. The second kappa shape index (κ2) is 7.59. The van der Waals surface area contributed by atoms with Crippen LogP contribution in [-0.2, 0) is 6.54 Å². The van der Waals surface area contributed by atoms with Crippen LogP contribution in [0.15, 0.2) is 48.9 Å². The van der Waals surface area contributed by atoms with Crippen LogP contribution in [0.25, 0.3) is 11.4 Å². The third-order valence-electron chi connectivity index (χ3n) is 4.18. The fourth-order valence-corrected chi connectivity index (χ4v) is 2.89. The predicted molar refractivity (Wildman–Crippen MR) is 99.7 cm³/mol. The van der Waals surface area contributed by atoms with Crippen molar-refractivity contribution in [2.24, 2.45) is 0 Å². The van der Waals surface area contributed by atoms with E-state index in [-0.39, 0.29) is 6.03 Å². The van der Waals surface area contributed by atoms with Gasteiger partial charge in [-0.2, -0.15) is 5.10 Å². The molecule has 2 N–H and O–H groups in total. The number of halogens is 2. The molecule has 1 saturated heterocycles. The molecule has 0 saturated carbocycles. The Morgan fingerprint density at radius 1 is 1.21 bits per heavy atom. The number of hydrogen-bond acceptors (Lipinski definition) is 5. The molecular formula is C18H17F2N7O. The highest BCUT2D eigenvalue weighted by atomic mass is 19.3. The highest BCUT2D eigenvalue weighted by Crippen LogP contribution is 2.23. The lowest BCUT2D eigenvalue weighted by atomic mass is 10.2. The second-order valence-corrected chi connectivity index (χ2v) is 6.16. The van der Waals surface area contributed by atoms with E-state index in [1.165, 1.54) is 17.1 Å². The molecule has 144 valence electrons. The maximum Gasteiger partial charge on any atom is 0.321 e. The maximum atomic E-state index is 12.4. The van der Waals surface area contributed by atoms with Crippen molar-refractivity contribution in [3.8, 4) is 11.4 Å². The lowest BCUT2D eigenvalue weighted by Crippen LogP contribution is -2.27. The van der Waals surface area contributed by atoms with E-state index >= 15 is 0 Å². The van der Waals surface area contributed by atoms with E-state index in [1.54, 1.807) is 17.2 Å². The first-order valence-corrected chi connectivity index (χ1v) is 8.65. The molecule has 1 fully saturated rings. The zero-order valence-electron chi connectivity index (χ0n) is 14.7. The van der Waals surface area contributed by atoms with E-state index in [2.05, 4.69) is 25.7 Å². The van der Waals surface area contributed by atoms with Gasteiger partial charge in [0.1, 0.15) is 12.4 Å². The number of hydrogen-bond donors (Lipinski definition) is 2. The minimum Gasteiger partial charge on any atom is -0.338 e. The molecule has 0 bridgehead atoms. The zero-order valence-corrected chi connectivity index (χ0v) is 14.7. The van der Waals surface area contributed by atoms with Gasteiger partial charge in [0.05, 0.1) is 11.9 Å². The van der Waals surface area contributed by atoms with Gasteiger partial charge in [-0.05, 0) is 30.3 Å². The summed E-state index contributed by atoms with van der Waals surface area (Å²) in [7, 11) is 0. The highest BCUT2D eigenvalue weighted by Gasteiger charge is 2.20. The van der Waals surface area contributed by atoms with Gasteiger partial charge in [0.15, 0.2) is 5.82 Å². The number of anilines is 3. The van der Waals surface area contributed by atoms with Crippen LogP contribution in [0.5, 0.6) is 0 Å². The van der Waals surface area contributed by atoms with Crippen molar-refractivity contribution < 1.29 is 13.6 Å². The first kappa shape index (κ1) is 17.8. The third kappa shape index (κ3) is 3.90. The van der Waals surface area contributed by atoms with Crippen LogP contribution in [0.4, 0.5) is 30.8 Å². The Hall–Kier alpha value is -3.56. The molecule has 0 atom stereocenters. The Labute approximate surface area is 159 Å². The standard InChI is InChI=1S/C18H17F2N7O/c19-15(20)11-26-10-13(9-23-26)24-16-5-6-21-17(25-16)12-1-3-14(4-2-12)27-8-7-22-18(27)28/h1-6,9-10,15H,7-8,11H2,(H,22,28)(H,21,24,25). The number of urea groups is 1. The van der Waals surface area contributed by atoms with Gasteiger partial charge < -0.3 is 10.6 Å². The molecule has 0 radical (unpaired) electrons. The fourth-order valence-electron chi connectivity index (χ4n) is 2.89. The van der Waals surface area contributed by atoms with Gasteiger partial charge in [0, 0.05) is 36.7 Å². The lowest BCUT2D eigenvalue weighted by Gasteiger charge is -2.14. The van der Waals surface area contributed by atoms with Crippen molar-refractivity contribution in [1.29, 1.82) is 0 Å². The maximum absolute atomic E-state index is 12.4. The highest BCUT2D eigenvalue weighted by molar-refractivity contribution is 5.94. The molecule has 4 rings (SSSR count). The number of benzene rings is 1. The van der Waals surface area contributed by atoms with Crippen LogP contribution in [0.2, 0.25) is 0 Å². The molecule has 28 heavy (non-hydrogen) atoms. The van der Waals surface area contributed by atoms with Crippen molar-refractivity contribution in [2.75, 3.05) is 23.3 Å². The van der Waals surface area contributed by atoms with Gasteiger partial charge in [0.2, 0.25) is 0 Å². The van der Waals surface area contributed by atoms with Crippen molar-refractivity contribution in [1.82, 2.24) is 25.1 Å². The molecule has 2 aromatic heterocycles. The van der Waals surface area contributed by atoms with Crippen LogP contribution in [0.3, 0.4) is 0 Å². The lowest BCUT2D eigenvalue weighted by molar-refractivity contribution is 0.122. The number of amides is 2. The largest absolute Gasteiger partial charge is 0.338 e.